The first kappa shape index (κ1) is 14.5. The molecule has 2 aromatic carbocycles. The molecule has 0 aliphatic carbocycles. The molecule has 0 fully saturated rings. The molecule has 24 heavy (non-hydrogen) atoms. The van der Waals surface area contributed by atoms with Gasteiger partial charge >= 0.3 is 5.76 Å². The van der Waals surface area contributed by atoms with Crippen LogP contribution in [0.15, 0.2) is 70.1 Å². The van der Waals surface area contributed by atoms with Crippen molar-refractivity contribution in [2.75, 3.05) is 5.32 Å². The highest BCUT2D eigenvalue weighted by molar-refractivity contribution is 6.30. The Morgan fingerprint density at radius 3 is 2.79 bits per heavy atom. The van der Waals surface area contributed by atoms with E-state index < -0.39 is 5.76 Å². The van der Waals surface area contributed by atoms with Gasteiger partial charge in [-0.1, -0.05) is 23.7 Å². The second kappa shape index (κ2) is 5.86. The molecule has 4 rings (SSSR count). The van der Waals surface area contributed by atoms with Crippen molar-refractivity contribution in [3.63, 3.8) is 0 Å². The first-order chi connectivity index (χ1) is 11.7. The Kier molecular flexibility index (Phi) is 3.55. The van der Waals surface area contributed by atoms with Crippen LogP contribution in [0, 0.1) is 0 Å². The minimum Gasteiger partial charge on any atom is -0.408 e. The molecular weight excluding hydrogens is 326 g/mol. The molecule has 0 amide bonds. The molecule has 0 radical (unpaired) electrons. The van der Waals surface area contributed by atoms with E-state index in [9.17, 15) is 4.79 Å². The molecule has 4 aromatic rings. The van der Waals surface area contributed by atoms with Crippen molar-refractivity contribution >= 4 is 34.1 Å². The van der Waals surface area contributed by atoms with Crippen molar-refractivity contribution < 1.29 is 4.42 Å². The quantitative estimate of drug-likeness (QED) is 0.574. The number of hydrogen-bond acceptors (Lipinski definition) is 4. The lowest BCUT2D eigenvalue weighted by atomic mass is 10.1. The van der Waals surface area contributed by atoms with E-state index in [4.69, 9.17) is 16.0 Å². The summed E-state index contributed by atoms with van der Waals surface area (Å²) in [4.78, 5) is 18.2. The average Bonchev–Trinajstić information content (AvgIpc) is 2.94. The van der Waals surface area contributed by atoms with Gasteiger partial charge in [0.05, 0.1) is 17.4 Å². The van der Waals surface area contributed by atoms with Crippen LogP contribution in [-0.4, -0.2) is 9.97 Å². The molecule has 2 N–H and O–H groups in total. The van der Waals surface area contributed by atoms with E-state index in [0.29, 0.717) is 16.1 Å². The van der Waals surface area contributed by atoms with Crippen LogP contribution in [0.2, 0.25) is 5.02 Å². The third-order valence-electron chi connectivity index (χ3n) is 3.61. The van der Waals surface area contributed by atoms with Gasteiger partial charge in [0, 0.05) is 22.5 Å². The van der Waals surface area contributed by atoms with Crippen LogP contribution in [0.5, 0.6) is 0 Å². The highest BCUT2D eigenvalue weighted by Crippen LogP contribution is 2.26. The molecule has 2 aromatic heterocycles. The predicted molar refractivity (Wildman–Crippen MR) is 94.8 cm³/mol. The van der Waals surface area contributed by atoms with Gasteiger partial charge in [-0.2, -0.15) is 0 Å². The molecule has 2 heterocycles. The Bertz CT molecular complexity index is 1080. The zero-order valence-corrected chi connectivity index (χ0v) is 13.2. The normalized spacial score (nSPS) is 10.9. The monoisotopic (exact) mass is 337 g/mol. The van der Waals surface area contributed by atoms with E-state index in [1.165, 1.54) is 0 Å². The number of benzene rings is 2. The van der Waals surface area contributed by atoms with Crippen molar-refractivity contribution in [1.82, 2.24) is 9.97 Å². The molecule has 0 aliphatic rings. The summed E-state index contributed by atoms with van der Waals surface area (Å²) < 4.78 is 5.11. The number of oxazole rings is 1. The first-order valence-corrected chi connectivity index (χ1v) is 7.66. The van der Waals surface area contributed by atoms with Crippen molar-refractivity contribution in [2.45, 2.75) is 0 Å². The fraction of sp³-hybridized carbons (Fsp3) is 0. The van der Waals surface area contributed by atoms with Crippen LogP contribution in [0.1, 0.15) is 0 Å². The Balaban J connectivity index is 1.69. The molecule has 0 spiro atoms. The number of H-pyrrole nitrogens is 1. The van der Waals surface area contributed by atoms with Gasteiger partial charge in [0.1, 0.15) is 0 Å². The van der Waals surface area contributed by atoms with Gasteiger partial charge in [0.15, 0.2) is 5.58 Å². The summed E-state index contributed by atoms with van der Waals surface area (Å²) >= 11 is 6.00. The van der Waals surface area contributed by atoms with E-state index in [1.54, 1.807) is 12.4 Å². The van der Waals surface area contributed by atoms with Gasteiger partial charge < -0.3 is 9.73 Å². The number of anilines is 2. The Hall–Kier alpha value is -3.05. The van der Waals surface area contributed by atoms with Crippen molar-refractivity contribution in [3.8, 4) is 11.1 Å². The summed E-state index contributed by atoms with van der Waals surface area (Å²) in [5.74, 6) is -0.461. The Morgan fingerprint density at radius 2 is 1.92 bits per heavy atom. The maximum atomic E-state index is 11.3. The van der Waals surface area contributed by atoms with Gasteiger partial charge in [-0.3, -0.25) is 9.97 Å². The molecule has 118 valence electrons. The van der Waals surface area contributed by atoms with Gasteiger partial charge in [-0.25, -0.2) is 4.79 Å². The van der Waals surface area contributed by atoms with Crippen LogP contribution < -0.4 is 11.1 Å². The Morgan fingerprint density at radius 1 is 1.00 bits per heavy atom. The number of nitrogens with zero attached hydrogens (tertiary/aromatic N) is 1. The highest BCUT2D eigenvalue weighted by Gasteiger charge is 2.06. The van der Waals surface area contributed by atoms with Crippen LogP contribution >= 0.6 is 11.6 Å². The summed E-state index contributed by atoms with van der Waals surface area (Å²) in [5, 5.41) is 3.93. The second-order valence-corrected chi connectivity index (χ2v) is 5.76. The average molecular weight is 338 g/mol. The van der Waals surface area contributed by atoms with Crippen LogP contribution in [-0.2, 0) is 0 Å². The van der Waals surface area contributed by atoms with Crippen LogP contribution in [0.4, 0.5) is 11.4 Å². The van der Waals surface area contributed by atoms with E-state index in [0.717, 1.165) is 22.5 Å². The van der Waals surface area contributed by atoms with E-state index in [1.807, 2.05) is 48.5 Å². The van der Waals surface area contributed by atoms with Gasteiger partial charge in [0.2, 0.25) is 0 Å². The minimum atomic E-state index is -0.461. The molecule has 0 atom stereocenters. The molecule has 6 heteroatoms. The second-order valence-electron chi connectivity index (χ2n) is 5.32. The maximum Gasteiger partial charge on any atom is 0.417 e. The van der Waals surface area contributed by atoms with E-state index in [2.05, 4.69) is 15.3 Å². The van der Waals surface area contributed by atoms with Gasteiger partial charge in [0.25, 0.3) is 0 Å². The topological polar surface area (TPSA) is 70.9 Å². The predicted octanol–water partition coefficient (Wildman–Crippen LogP) is 4.58. The van der Waals surface area contributed by atoms with Gasteiger partial charge in [-0.15, -0.1) is 0 Å². The first-order valence-electron chi connectivity index (χ1n) is 7.28. The minimum absolute atomic E-state index is 0.461. The number of aromatic nitrogens is 2. The smallest absolute Gasteiger partial charge is 0.408 e. The number of hydrogen-bond donors (Lipinski definition) is 2. The number of rotatable bonds is 3. The molecule has 0 bridgehead atoms. The number of fused-ring (bicyclic) bond motifs is 1. The Labute approximate surface area is 141 Å². The highest BCUT2D eigenvalue weighted by atomic mass is 35.5. The molecule has 0 aliphatic heterocycles. The van der Waals surface area contributed by atoms with Crippen molar-refractivity contribution in [3.05, 3.63) is 76.5 Å². The number of nitrogens with one attached hydrogen (secondary N) is 2. The number of pyridine rings is 1. The lowest BCUT2D eigenvalue weighted by molar-refractivity contribution is 0.555. The zero-order chi connectivity index (χ0) is 16.5. The molecule has 0 saturated carbocycles. The fourth-order valence-corrected chi connectivity index (χ4v) is 2.71. The molecule has 5 nitrogen and oxygen atoms in total. The van der Waals surface area contributed by atoms with Crippen molar-refractivity contribution in [1.29, 1.82) is 0 Å². The van der Waals surface area contributed by atoms with E-state index in [-0.39, 0.29) is 0 Å². The third-order valence-corrected chi connectivity index (χ3v) is 3.84. The summed E-state index contributed by atoms with van der Waals surface area (Å²) in [6, 6.07) is 15.0. The fourth-order valence-electron chi connectivity index (χ4n) is 2.52. The summed E-state index contributed by atoms with van der Waals surface area (Å²) in [7, 11) is 0. The van der Waals surface area contributed by atoms with Crippen LogP contribution in [0.25, 0.3) is 22.2 Å². The number of halogens is 1. The zero-order valence-electron chi connectivity index (χ0n) is 12.4. The number of aromatic amines is 1. The summed E-state index contributed by atoms with van der Waals surface area (Å²) in [6.07, 6.45) is 3.49. The summed E-state index contributed by atoms with van der Waals surface area (Å²) in [5.41, 5.74) is 4.73. The lowest BCUT2D eigenvalue weighted by Gasteiger charge is -2.08. The third kappa shape index (κ3) is 2.89. The molecule has 0 saturated heterocycles. The van der Waals surface area contributed by atoms with Crippen molar-refractivity contribution in [2.24, 2.45) is 0 Å². The van der Waals surface area contributed by atoms with Gasteiger partial charge in [-0.05, 0) is 42.0 Å². The largest absolute Gasteiger partial charge is 0.417 e. The van der Waals surface area contributed by atoms with Crippen LogP contribution in [0.3, 0.4) is 0 Å². The standard InChI is InChI=1S/C18H12ClN3O2/c19-13-2-1-3-14(8-13)21-15-6-12(9-20-10-15)11-4-5-16-17(7-11)24-18(23)22-16/h1-10,21H,(H,22,23). The lowest BCUT2D eigenvalue weighted by Crippen LogP contribution is -1.92. The molecular formula is C18H12ClN3O2. The maximum absolute atomic E-state index is 11.3. The molecule has 0 unspecified atom stereocenters. The SMILES string of the molecule is O=c1[nH]c2ccc(-c3cncc(Nc4cccc(Cl)c4)c3)cc2o1. The van der Waals surface area contributed by atoms with E-state index >= 15 is 0 Å². The summed E-state index contributed by atoms with van der Waals surface area (Å²) in [6.45, 7) is 0.